The Balaban J connectivity index is 1.42. The minimum Gasteiger partial charge on any atom is -0.496 e. The lowest BCUT2D eigenvalue weighted by atomic mass is 10.1. The maximum absolute atomic E-state index is 9.19. The first-order chi connectivity index (χ1) is 17.2. The van der Waals surface area contributed by atoms with Crippen molar-refractivity contribution in [2.24, 2.45) is 4.99 Å². The lowest BCUT2D eigenvalue weighted by Crippen LogP contribution is -2.26. The summed E-state index contributed by atoms with van der Waals surface area (Å²) in [5.41, 5.74) is 2.01. The van der Waals surface area contributed by atoms with E-state index in [1.54, 1.807) is 25.4 Å². The van der Waals surface area contributed by atoms with Crippen molar-refractivity contribution >= 4 is 17.3 Å². The Kier molecular flexibility index (Phi) is 7.80. The molecule has 0 saturated carbocycles. The third-order valence-electron chi connectivity index (χ3n) is 4.76. The van der Waals surface area contributed by atoms with E-state index in [2.05, 4.69) is 20.6 Å². The Morgan fingerprint density at radius 3 is 2.54 bits per heavy atom. The fraction of sp³-hybridized carbons (Fsp3) is 0.115. The molecule has 1 heterocycles. The number of anilines is 1. The SMILES string of the molecule is COc1cc(N=C(NC#N)Nc2cccc(OCCOc3ccccc3)c2)ccc1-c1cnco1. The molecule has 1 aromatic heterocycles. The molecule has 0 bridgehead atoms. The van der Waals surface area contributed by atoms with Gasteiger partial charge in [-0.25, -0.2) is 9.98 Å². The number of guanidine groups is 1. The van der Waals surface area contributed by atoms with Crippen LogP contribution >= 0.6 is 0 Å². The molecule has 0 amide bonds. The smallest absolute Gasteiger partial charge is 0.214 e. The molecule has 0 aliphatic rings. The van der Waals surface area contributed by atoms with Crippen molar-refractivity contribution in [2.45, 2.75) is 0 Å². The van der Waals surface area contributed by atoms with E-state index in [-0.39, 0.29) is 5.96 Å². The lowest BCUT2D eigenvalue weighted by molar-refractivity contribution is 0.217. The molecule has 4 aromatic rings. The second-order valence-electron chi connectivity index (χ2n) is 7.11. The fourth-order valence-electron chi connectivity index (χ4n) is 3.21. The lowest BCUT2D eigenvalue weighted by Gasteiger charge is -2.12. The number of nitriles is 1. The van der Waals surface area contributed by atoms with Crippen LogP contribution in [0.2, 0.25) is 0 Å². The molecule has 35 heavy (non-hydrogen) atoms. The summed E-state index contributed by atoms with van der Waals surface area (Å²) in [6.45, 7) is 0.795. The standard InChI is InChI=1S/C26H23N5O4/c1-32-24-15-20(10-11-23(24)25-16-28-18-35-25)31-26(29-17-27)30-19-6-5-9-22(14-19)34-13-12-33-21-7-3-2-4-8-21/h2-11,14-16,18H,12-13H2,1H3,(H2,29,30,31). The van der Waals surface area contributed by atoms with Crippen LogP contribution < -0.4 is 24.8 Å². The van der Waals surface area contributed by atoms with Crippen molar-refractivity contribution in [3.8, 4) is 34.8 Å². The number of aromatic nitrogens is 1. The number of oxazole rings is 1. The van der Waals surface area contributed by atoms with E-state index in [0.717, 1.165) is 11.3 Å². The van der Waals surface area contributed by atoms with E-state index in [1.165, 1.54) is 6.39 Å². The Morgan fingerprint density at radius 2 is 1.80 bits per heavy atom. The van der Waals surface area contributed by atoms with Crippen molar-refractivity contribution in [3.05, 3.63) is 85.4 Å². The molecule has 4 rings (SSSR count). The summed E-state index contributed by atoms with van der Waals surface area (Å²) in [7, 11) is 1.56. The summed E-state index contributed by atoms with van der Waals surface area (Å²) >= 11 is 0. The number of nitrogens with zero attached hydrogens (tertiary/aromatic N) is 3. The van der Waals surface area contributed by atoms with Crippen LogP contribution in [0.25, 0.3) is 11.3 Å². The van der Waals surface area contributed by atoms with Crippen molar-refractivity contribution in [2.75, 3.05) is 25.6 Å². The maximum Gasteiger partial charge on any atom is 0.214 e. The van der Waals surface area contributed by atoms with Crippen LogP contribution in [0.1, 0.15) is 0 Å². The van der Waals surface area contributed by atoms with Crippen LogP contribution in [0.4, 0.5) is 11.4 Å². The normalized spacial score (nSPS) is 10.8. The van der Waals surface area contributed by atoms with Crippen LogP contribution in [0.3, 0.4) is 0 Å². The van der Waals surface area contributed by atoms with E-state index in [0.29, 0.717) is 41.8 Å². The van der Waals surface area contributed by atoms with Crippen LogP contribution in [-0.2, 0) is 0 Å². The summed E-state index contributed by atoms with van der Waals surface area (Å²) in [6.07, 6.45) is 4.86. The fourth-order valence-corrected chi connectivity index (χ4v) is 3.21. The highest BCUT2D eigenvalue weighted by Gasteiger charge is 2.11. The zero-order valence-corrected chi connectivity index (χ0v) is 19.0. The highest BCUT2D eigenvalue weighted by atomic mass is 16.5. The quantitative estimate of drug-likeness (QED) is 0.116. The van der Waals surface area contributed by atoms with Gasteiger partial charge in [0.2, 0.25) is 5.96 Å². The van der Waals surface area contributed by atoms with Crippen molar-refractivity contribution < 1.29 is 18.6 Å². The third kappa shape index (κ3) is 6.52. The topological polar surface area (TPSA) is 114 Å². The highest BCUT2D eigenvalue weighted by Crippen LogP contribution is 2.33. The molecule has 0 saturated heterocycles. The molecular formula is C26H23N5O4. The van der Waals surface area contributed by atoms with Gasteiger partial charge in [-0.1, -0.05) is 24.3 Å². The molecule has 0 fully saturated rings. The molecule has 2 N–H and O–H groups in total. The monoisotopic (exact) mass is 469 g/mol. The average molecular weight is 470 g/mol. The maximum atomic E-state index is 9.19. The molecule has 3 aromatic carbocycles. The zero-order chi connectivity index (χ0) is 24.3. The Bertz CT molecular complexity index is 1300. The predicted molar refractivity (Wildman–Crippen MR) is 132 cm³/mol. The number of aliphatic imine (C=N–C) groups is 1. The van der Waals surface area contributed by atoms with Crippen LogP contribution in [0, 0.1) is 11.5 Å². The van der Waals surface area contributed by atoms with E-state index >= 15 is 0 Å². The highest BCUT2D eigenvalue weighted by molar-refractivity contribution is 5.96. The van der Waals surface area contributed by atoms with Gasteiger partial charge in [0.25, 0.3) is 0 Å². The van der Waals surface area contributed by atoms with Gasteiger partial charge in [-0.15, -0.1) is 0 Å². The number of hydrogen-bond acceptors (Lipinski definition) is 7. The third-order valence-corrected chi connectivity index (χ3v) is 4.76. The van der Waals surface area contributed by atoms with Gasteiger partial charge in [-0.3, -0.25) is 5.32 Å². The van der Waals surface area contributed by atoms with Gasteiger partial charge < -0.3 is 23.9 Å². The molecule has 0 aliphatic carbocycles. The zero-order valence-electron chi connectivity index (χ0n) is 19.0. The van der Waals surface area contributed by atoms with Gasteiger partial charge in [0.05, 0.1) is 24.6 Å². The van der Waals surface area contributed by atoms with Crippen LogP contribution in [0.5, 0.6) is 17.2 Å². The first kappa shape index (κ1) is 23.2. The van der Waals surface area contributed by atoms with E-state index < -0.39 is 0 Å². The van der Waals surface area contributed by atoms with Gasteiger partial charge in [0.1, 0.15) is 30.5 Å². The second-order valence-corrected chi connectivity index (χ2v) is 7.11. The second kappa shape index (κ2) is 11.8. The number of benzene rings is 3. The van der Waals surface area contributed by atoms with Gasteiger partial charge in [0, 0.05) is 17.8 Å². The van der Waals surface area contributed by atoms with Crippen molar-refractivity contribution in [1.29, 1.82) is 5.26 Å². The van der Waals surface area contributed by atoms with E-state index in [1.807, 2.05) is 66.9 Å². The van der Waals surface area contributed by atoms with Crippen LogP contribution in [0.15, 0.2) is 94.8 Å². The number of hydrogen-bond donors (Lipinski definition) is 2. The molecule has 0 unspecified atom stereocenters. The van der Waals surface area contributed by atoms with E-state index in [9.17, 15) is 5.26 Å². The van der Waals surface area contributed by atoms with E-state index in [4.69, 9.17) is 18.6 Å². The van der Waals surface area contributed by atoms with Gasteiger partial charge in [0.15, 0.2) is 18.3 Å². The molecule has 0 radical (unpaired) electrons. The summed E-state index contributed by atoms with van der Waals surface area (Å²) in [4.78, 5) is 8.44. The summed E-state index contributed by atoms with van der Waals surface area (Å²) in [5, 5.41) is 14.9. The summed E-state index contributed by atoms with van der Waals surface area (Å²) < 4.78 is 22.3. The van der Waals surface area contributed by atoms with Crippen LogP contribution in [-0.4, -0.2) is 31.3 Å². The van der Waals surface area contributed by atoms with Gasteiger partial charge >= 0.3 is 0 Å². The number of para-hydroxylation sites is 1. The molecular weight excluding hydrogens is 446 g/mol. The minimum absolute atomic E-state index is 0.242. The van der Waals surface area contributed by atoms with Gasteiger partial charge in [-0.2, -0.15) is 5.26 Å². The number of nitrogens with one attached hydrogen (secondary N) is 2. The average Bonchev–Trinajstić information content (AvgIpc) is 3.42. The Hall–Kier alpha value is -4.97. The first-order valence-electron chi connectivity index (χ1n) is 10.7. The van der Waals surface area contributed by atoms with Gasteiger partial charge in [-0.05, 0) is 36.4 Å². The number of methoxy groups -OCH3 is 1. The molecule has 0 aliphatic heterocycles. The minimum atomic E-state index is 0.242. The molecule has 0 atom stereocenters. The Morgan fingerprint density at radius 1 is 1.00 bits per heavy atom. The largest absolute Gasteiger partial charge is 0.496 e. The molecule has 9 nitrogen and oxygen atoms in total. The molecule has 0 spiro atoms. The molecule has 176 valence electrons. The summed E-state index contributed by atoms with van der Waals surface area (Å²) in [6, 6.07) is 22.2. The number of rotatable bonds is 9. The first-order valence-corrected chi connectivity index (χ1v) is 10.7. The predicted octanol–water partition coefficient (Wildman–Crippen LogP) is 4.98. The summed E-state index contributed by atoms with van der Waals surface area (Å²) in [5.74, 6) is 2.83. The Labute approximate surface area is 202 Å². The molecule has 9 heteroatoms. The number of ether oxygens (including phenoxy) is 3. The van der Waals surface area contributed by atoms with Crippen molar-refractivity contribution in [1.82, 2.24) is 10.3 Å². The van der Waals surface area contributed by atoms with Crippen molar-refractivity contribution in [3.63, 3.8) is 0 Å².